The molecule has 1 aromatic carbocycles. The highest BCUT2D eigenvalue weighted by Gasteiger charge is 2.33. The highest BCUT2D eigenvalue weighted by atomic mass is 35.5. The van der Waals surface area contributed by atoms with Crippen LogP contribution in [0.5, 0.6) is 0 Å². The van der Waals surface area contributed by atoms with E-state index in [1.165, 1.54) is 6.07 Å². The summed E-state index contributed by atoms with van der Waals surface area (Å²) in [5.74, 6) is -0.403. The Kier molecular flexibility index (Phi) is 4.22. The molecule has 0 heterocycles. The number of hydrogen-bond donors (Lipinski definition) is 1. The highest BCUT2D eigenvalue weighted by molar-refractivity contribution is 6.30. The largest absolute Gasteiger partial charge is 0.390 e. The second kappa shape index (κ2) is 5.41. The van der Waals surface area contributed by atoms with E-state index in [1.807, 2.05) is 0 Å². The highest BCUT2D eigenvalue weighted by Crippen LogP contribution is 2.39. The van der Waals surface area contributed by atoms with Gasteiger partial charge in [-0.15, -0.1) is 0 Å². The molecule has 1 unspecified atom stereocenters. The minimum atomic E-state index is -0.672. The van der Waals surface area contributed by atoms with Crippen LogP contribution >= 0.6 is 11.6 Å². The Morgan fingerprint density at radius 2 is 1.95 bits per heavy atom. The molecule has 0 amide bonds. The predicted molar refractivity (Wildman–Crippen MR) is 76.9 cm³/mol. The topological polar surface area (TPSA) is 20.2 Å². The Balaban J connectivity index is 2.10. The molecule has 1 aliphatic carbocycles. The zero-order chi connectivity index (χ0) is 14.1. The molecule has 0 saturated heterocycles. The Bertz CT molecular complexity index is 458. The fraction of sp³-hybridized carbons (Fsp3) is 0.625. The number of halogens is 2. The SMILES string of the molecule is CC1(C)CCCC(O)(Cc2ccc(F)c(Cl)c2)CC1. The maximum absolute atomic E-state index is 13.1. The van der Waals surface area contributed by atoms with Gasteiger partial charge in [0.25, 0.3) is 0 Å². The summed E-state index contributed by atoms with van der Waals surface area (Å²) in [5, 5.41) is 10.9. The molecule has 1 N–H and O–H groups in total. The third kappa shape index (κ3) is 3.93. The minimum absolute atomic E-state index is 0.134. The normalized spacial score (nSPS) is 27.0. The lowest BCUT2D eigenvalue weighted by atomic mass is 9.83. The van der Waals surface area contributed by atoms with E-state index in [4.69, 9.17) is 11.6 Å². The van der Waals surface area contributed by atoms with E-state index >= 15 is 0 Å². The van der Waals surface area contributed by atoms with Crippen molar-refractivity contribution in [2.45, 2.75) is 58.0 Å². The van der Waals surface area contributed by atoms with Gasteiger partial charge in [0.15, 0.2) is 0 Å². The van der Waals surface area contributed by atoms with Gasteiger partial charge < -0.3 is 5.11 Å². The molecule has 1 fully saturated rings. The molecule has 0 radical (unpaired) electrons. The molecule has 2 rings (SSSR count). The Labute approximate surface area is 119 Å². The first kappa shape index (κ1) is 14.8. The van der Waals surface area contributed by atoms with Crippen LogP contribution < -0.4 is 0 Å². The van der Waals surface area contributed by atoms with Crippen molar-refractivity contribution < 1.29 is 9.50 Å². The fourth-order valence-corrected chi connectivity index (χ4v) is 3.13. The van der Waals surface area contributed by atoms with E-state index in [2.05, 4.69) is 13.8 Å². The fourth-order valence-electron chi connectivity index (χ4n) is 2.92. The summed E-state index contributed by atoms with van der Waals surface area (Å²) in [5.41, 5.74) is 0.549. The summed E-state index contributed by atoms with van der Waals surface area (Å²) in [6.07, 6.45) is 5.39. The van der Waals surface area contributed by atoms with E-state index in [0.29, 0.717) is 11.8 Å². The molecule has 1 aliphatic rings. The minimum Gasteiger partial charge on any atom is -0.390 e. The van der Waals surface area contributed by atoms with Crippen molar-refractivity contribution in [3.8, 4) is 0 Å². The average Bonchev–Trinajstić information content (AvgIpc) is 2.44. The number of benzene rings is 1. The van der Waals surface area contributed by atoms with Gasteiger partial charge in [-0.2, -0.15) is 0 Å². The molecule has 1 nitrogen and oxygen atoms in total. The third-order valence-corrected chi connectivity index (χ3v) is 4.57. The van der Waals surface area contributed by atoms with Gasteiger partial charge >= 0.3 is 0 Å². The van der Waals surface area contributed by atoms with Crippen molar-refractivity contribution in [1.29, 1.82) is 0 Å². The Morgan fingerprint density at radius 3 is 2.63 bits per heavy atom. The van der Waals surface area contributed by atoms with Crippen LogP contribution in [0, 0.1) is 11.2 Å². The van der Waals surface area contributed by atoms with Gasteiger partial charge in [-0.1, -0.05) is 37.9 Å². The Hall–Kier alpha value is -0.600. The zero-order valence-corrected chi connectivity index (χ0v) is 12.4. The average molecular weight is 285 g/mol. The van der Waals surface area contributed by atoms with Crippen molar-refractivity contribution in [3.63, 3.8) is 0 Å². The first-order chi connectivity index (χ1) is 8.80. The molecule has 3 heteroatoms. The van der Waals surface area contributed by atoms with Crippen molar-refractivity contribution in [2.75, 3.05) is 0 Å². The lowest BCUT2D eigenvalue weighted by Gasteiger charge is -2.28. The number of aliphatic hydroxyl groups is 1. The van der Waals surface area contributed by atoms with Gasteiger partial charge in [-0.25, -0.2) is 4.39 Å². The van der Waals surface area contributed by atoms with Gasteiger partial charge in [0.1, 0.15) is 5.82 Å². The summed E-state index contributed by atoms with van der Waals surface area (Å²) in [6.45, 7) is 4.51. The van der Waals surface area contributed by atoms with Crippen molar-refractivity contribution in [1.82, 2.24) is 0 Å². The van der Waals surface area contributed by atoms with Crippen molar-refractivity contribution >= 4 is 11.6 Å². The second-order valence-electron chi connectivity index (χ2n) is 6.67. The maximum atomic E-state index is 13.1. The first-order valence-corrected chi connectivity index (χ1v) is 7.34. The van der Waals surface area contributed by atoms with Crippen LogP contribution in [0.1, 0.15) is 51.5 Å². The zero-order valence-electron chi connectivity index (χ0n) is 11.7. The summed E-state index contributed by atoms with van der Waals surface area (Å²) < 4.78 is 13.1. The van der Waals surface area contributed by atoms with E-state index in [0.717, 1.165) is 37.7 Å². The van der Waals surface area contributed by atoms with Crippen LogP contribution in [0.25, 0.3) is 0 Å². The van der Waals surface area contributed by atoms with Crippen LogP contribution in [0.3, 0.4) is 0 Å². The van der Waals surface area contributed by atoms with Crippen molar-refractivity contribution in [3.05, 3.63) is 34.6 Å². The van der Waals surface area contributed by atoms with Gasteiger partial charge in [0.05, 0.1) is 10.6 Å². The summed E-state index contributed by atoms with van der Waals surface area (Å²) in [7, 11) is 0. The van der Waals surface area contributed by atoms with Crippen LogP contribution in [0.2, 0.25) is 5.02 Å². The molecule has 0 bridgehead atoms. The second-order valence-corrected chi connectivity index (χ2v) is 7.07. The lowest BCUT2D eigenvalue weighted by Crippen LogP contribution is -2.31. The molecule has 0 aliphatic heterocycles. The first-order valence-electron chi connectivity index (χ1n) is 6.96. The molecule has 1 aromatic rings. The van der Waals surface area contributed by atoms with Gasteiger partial charge in [-0.3, -0.25) is 0 Å². The van der Waals surface area contributed by atoms with Gasteiger partial charge in [-0.05, 0) is 48.8 Å². The van der Waals surface area contributed by atoms with Gasteiger partial charge in [0, 0.05) is 6.42 Å². The summed E-state index contributed by atoms with van der Waals surface area (Å²) in [4.78, 5) is 0. The molecular weight excluding hydrogens is 263 g/mol. The summed E-state index contributed by atoms with van der Waals surface area (Å²) in [6, 6.07) is 4.72. The van der Waals surface area contributed by atoms with E-state index < -0.39 is 11.4 Å². The molecule has 1 atom stereocenters. The van der Waals surface area contributed by atoms with Crippen molar-refractivity contribution in [2.24, 2.45) is 5.41 Å². The molecule has 0 aromatic heterocycles. The predicted octanol–water partition coefficient (Wildman–Crippen LogP) is 4.74. The molecular formula is C16H22ClFO. The van der Waals surface area contributed by atoms with E-state index in [-0.39, 0.29) is 5.02 Å². The quantitative estimate of drug-likeness (QED) is 0.778. The standard InChI is InChI=1S/C16H22ClFO/c1-15(2)6-3-7-16(19,9-8-15)11-12-4-5-14(18)13(17)10-12/h4-5,10,19H,3,6-9,11H2,1-2H3. The molecule has 0 spiro atoms. The molecule has 19 heavy (non-hydrogen) atoms. The third-order valence-electron chi connectivity index (χ3n) is 4.28. The van der Waals surface area contributed by atoms with Gasteiger partial charge in [0.2, 0.25) is 0 Å². The number of hydrogen-bond acceptors (Lipinski definition) is 1. The molecule has 1 saturated carbocycles. The smallest absolute Gasteiger partial charge is 0.141 e. The van der Waals surface area contributed by atoms with E-state index in [9.17, 15) is 9.50 Å². The van der Waals surface area contributed by atoms with Crippen LogP contribution in [0.15, 0.2) is 18.2 Å². The summed E-state index contributed by atoms with van der Waals surface area (Å²) >= 11 is 5.80. The van der Waals surface area contributed by atoms with Crippen LogP contribution in [-0.2, 0) is 6.42 Å². The monoisotopic (exact) mass is 284 g/mol. The molecule has 106 valence electrons. The lowest BCUT2D eigenvalue weighted by molar-refractivity contribution is 0.0226. The van der Waals surface area contributed by atoms with Crippen LogP contribution in [0.4, 0.5) is 4.39 Å². The Morgan fingerprint density at radius 1 is 1.21 bits per heavy atom. The number of rotatable bonds is 2. The van der Waals surface area contributed by atoms with Crippen LogP contribution in [-0.4, -0.2) is 10.7 Å². The van der Waals surface area contributed by atoms with E-state index in [1.54, 1.807) is 12.1 Å². The maximum Gasteiger partial charge on any atom is 0.141 e.